The monoisotopic (exact) mass is 577 g/mol. The van der Waals surface area contributed by atoms with Crippen molar-refractivity contribution in [2.45, 2.75) is 31.8 Å². The average molecular weight is 578 g/mol. The van der Waals surface area contributed by atoms with Gasteiger partial charge in [-0.05, 0) is 49.2 Å². The molecule has 0 unspecified atom stereocenters. The minimum absolute atomic E-state index is 0.297. The first-order chi connectivity index (χ1) is 21.0. The van der Waals surface area contributed by atoms with Gasteiger partial charge in [-0.2, -0.15) is 0 Å². The van der Waals surface area contributed by atoms with Crippen LogP contribution in [0.2, 0.25) is 0 Å². The van der Waals surface area contributed by atoms with Crippen molar-refractivity contribution in [2.24, 2.45) is 0 Å². The van der Waals surface area contributed by atoms with Gasteiger partial charge in [0.25, 0.3) is 11.8 Å². The first kappa shape index (κ1) is 27.4. The topological polar surface area (TPSA) is 98.0 Å². The summed E-state index contributed by atoms with van der Waals surface area (Å²) in [7, 11) is 0. The predicted molar refractivity (Wildman–Crippen MR) is 164 cm³/mol. The number of benzene rings is 3. The molecule has 0 saturated carbocycles. The molecule has 9 nitrogen and oxygen atoms in total. The van der Waals surface area contributed by atoms with Crippen LogP contribution in [0.5, 0.6) is 0 Å². The number of aromatic nitrogens is 1. The van der Waals surface area contributed by atoms with E-state index in [2.05, 4.69) is 21.3 Å². The number of aryl methyl sites for hydroxylation is 1. The molecule has 0 aliphatic carbocycles. The Morgan fingerprint density at radius 1 is 0.977 bits per heavy atom. The van der Waals surface area contributed by atoms with E-state index in [1.807, 2.05) is 49.4 Å². The van der Waals surface area contributed by atoms with Gasteiger partial charge >= 0.3 is 6.03 Å². The van der Waals surface area contributed by atoms with Crippen LogP contribution in [0.15, 0.2) is 72.8 Å². The van der Waals surface area contributed by atoms with Crippen molar-refractivity contribution < 1.29 is 19.1 Å². The van der Waals surface area contributed by atoms with Crippen LogP contribution in [-0.2, 0) is 16.0 Å². The molecular weight excluding hydrogens is 542 g/mol. The highest BCUT2D eigenvalue weighted by Crippen LogP contribution is 2.45. The van der Waals surface area contributed by atoms with Crippen LogP contribution in [0.4, 0.5) is 10.5 Å². The highest BCUT2D eigenvalue weighted by atomic mass is 16.5. The van der Waals surface area contributed by atoms with Gasteiger partial charge < -0.3 is 15.0 Å². The van der Waals surface area contributed by atoms with Crippen molar-refractivity contribution in [3.8, 4) is 0 Å². The first-order valence-corrected chi connectivity index (χ1v) is 15.0. The molecule has 1 aromatic heterocycles. The lowest BCUT2D eigenvalue weighted by Crippen LogP contribution is -2.44. The summed E-state index contributed by atoms with van der Waals surface area (Å²) >= 11 is 0. The van der Waals surface area contributed by atoms with Crippen LogP contribution in [0.25, 0.3) is 10.9 Å². The zero-order valence-corrected chi connectivity index (χ0v) is 24.2. The third-order valence-corrected chi connectivity index (χ3v) is 8.87. The maximum Gasteiger partial charge on any atom is 0.332 e. The Morgan fingerprint density at radius 2 is 1.72 bits per heavy atom. The zero-order valence-electron chi connectivity index (χ0n) is 24.2. The van der Waals surface area contributed by atoms with E-state index in [0.29, 0.717) is 24.2 Å². The summed E-state index contributed by atoms with van der Waals surface area (Å²) in [4.78, 5) is 50.7. The second-order valence-electron chi connectivity index (χ2n) is 11.5. The van der Waals surface area contributed by atoms with Gasteiger partial charge in [-0.3, -0.25) is 19.4 Å². The maximum absolute atomic E-state index is 14.3. The Labute approximate surface area is 250 Å². The molecule has 2 saturated heterocycles. The summed E-state index contributed by atoms with van der Waals surface area (Å²) in [6.07, 6.45) is 1.20. The number of aromatic amines is 1. The third-order valence-electron chi connectivity index (χ3n) is 8.87. The van der Waals surface area contributed by atoms with E-state index in [0.717, 1.165) is 72.6 Å². The van der Waals surface area contributed by atoms with E-state index in [4.69, 9.17) is 4.74 Å². The fourth-order valence-corrected chi connectivity index (χ4v) is 6.68. The largest absolute Gasteiger partial charge is 0.379 e. The lowest BCUT2D eigenvalue weighted by molar-refractivity contribution is -0.120. The average Bonchev–Trinajstić information content (AvgIpc) is 3.53. The highest BCUT2D eigenvalue weighted by Gasteiger charge is 2.53. The second-order valence-corrected chi connectivity index (χ2v) is 11.5. The SMILES string of the molecule is Cc1ccc([C@@H]2c3[nH]c4ccccc4c3C[C@H]3C(=O)N(c4ccccc4C(=O)NCCCN4CCOCC4)C(=O)N23)cc1. The van der Waals surface area contributed by atoms with Crippen molar-refractivity contribution in [1.82, 2.24) is 20.1 Å². The first-order valence-electron chi connectivity index (χ1n) is 15.0. The number of morpholine rings is 1. The molecule has 4 amide bonds. The van der Waals surface area contributed by atoms with E-state index < -0.39 is 18.1 Å². The molecule has 2 atom stereocenters. The summed E-state index contributed by atoms with van der Waals surface area (Å²) in [5.74, 6) is -0.611. The molecule has 43 heavy (non-hydrogen) atoms. The van der Waals surface area contributed by atoms with Crippen molar-refractivity contribution >= 4 is 34.4 Å². The Bertz CT molecular complexity index is 1690. The summed E-state index contributed by atoms with van der Waals surface area (Å²) in [6, 6.07) is 21.5. The Kier molecular flexibility index (Phi) is 7.20. The number of hydrogen-bond acceptors (Lipinski definition) is 5. The molecule has 3 aliphatic rings. The van der Waals surface area contributed by atoms with Crippen molar-refractivity contribution in [3.63, 3.8) is 0 Å². The number of amides is 4. The fraction of sp³-hybridized carbons (Fsp3) is 0.324. The molecule has 3 aromatic carbocycles. The standard InChI is InChI=1S/C34H35N5O4/c1-22-11-13-23(14-12-22)31-30-26(24-7-2-4-9-27(24)36-30)21-29-33(41)39(34(42)38(29)31)28-10-5-3-8-25(28)32(40)35-15-6-16-37-17-19-43-20-18-37/h2-5,7-14,29,31,36H,6,15-21H2,1H3,(H,35,40)/t29-,31+/m0/s1. The molecule has 3 aliphatic heterocycles. The number of H-pyrrole nitrogens is 1. The van der Waals surface area contributed by atoms with Gasteiger partial charge in [-0.15, -0.1) is 0 Å². The van der Waals surface area contributed by atoms with Crippen LogP contribution in [-0.4, -0.2) is 78.1 Å². The molecule has 4 heterocycles. The van der Waals surface area contributed by atoms with E-state index in [9.17, 15) is 14.4 Å². The summed E-state index contributed by atoms with van der Waals surface area (Å²) in [5, 5.41) is 4.06. The number of carbonyl (C=O) groups is 3. The molecule has 7 rings (SSSR count). The van der Waals surface area contributed by atoms with E-state index in [1.165, 1.54) is 4.90 Å². The Morgan fingerprint density at radius 3 is 2.53 bits per heavy atom. The number of carbonyl (C=O) groups excluding carboxylic acids is 3. The molecule has 220 valence electrons. The Balaban J connectivity index is 1.19. The normalized spacial score (nSPS) is 20.4. The molecule has 2 fully saturated rings. The van der Waals surface area contributed by atoms with Crippen molar-refractivity contribution in [1.29, 1.82) is 0 Å². The third kappa shape index (κ3) is 4.88. The van der Waals surface area contributed by atoms with E-state index in [-0.39, 0.29) is 11.8 Å². The van der Waals surface area contributed by atoms with E-state index in [1.54, 1.807) is 29.2 Å². The maximum atomic E-state index is 14.3. The van der Waals surface area contributed by atoms with Gasteiger partial charge in [0.15, 0.2) is 0 Å². The minimum atomic E-state index is -0.685. The Hall–Kier alpha value is -4.47. The van der Waals surface area contributed by atoms with Gasteiger partial charge in [0.1, 0.15) is 12.1 Å². The van der Waals surface area contributed by atoms with Crippen LogP contribution in [0, 0.1) is 6.92 Å². The number of ether oxygens (including phenoxy) is 1. The highest BCUT2D eigenvalue weighted by molar-refractivity contribution is 6.24. The summed E-state index contributed by atoms with van der Waals surface area (Å²) in [6.45, 7) is 6.67. The lowest BCUT2D eigenvalue weighted by Gasteiger charge is -2.36. The lowest BCUT2D eigenvalue weighted by atomic mass is 9.88. The smallest absolute Gasteiger partial charge is 0.332 e. The van der Waals surface area contributed by atoms with Gasteiger partial charge in [0.2, 0.25) is 0 Å². The molecule has 4 aromatic rings. The van der Waals surface area contributed by atoms with Crippen molar-refractivity contribution in [2.75, 3.05) is 44.3 Å². The predicted octanol–water partition coefficient (Wildman–Crippen LogP) is 4.41. The van der Waals surface area contributed by atoms with Crippen LogP contribution >= 0.6 is 0 Å². The number of nitrogens with one attached hydrogen (secondary N) is 2. The van der Waals surface area contributed by atoms with Crippen LogP contribution < -0.4 is 10.2 Å². The summed E-state index contributed by atoms with van der Waals surface area (Å²) < 4.78 is 5.41. The molecule has 2 N–H and O–H groups in total. The number of fused-ring (bicyclic) bond motifs is 4. The zero-order chi connectivity index (χ0) is 29.5. The molecule has 9 heteroatoms. The number of nitrogens with zero attached hydrogens (tertiary/aromatic N) is 3. The number of imide groups is 1. The number of urea groups is 1. The molecule has 0 radical (unpaired) electrons. The number of rotatable bonds is 7. The van der Waals surface area contributed by atoms with Crippen molar-refractivity contribution in [3.05, 3.63) is 101 Å². The summed E-state index contributed by atoms with van der Waals surface area (Å²) in [5.41, 5.74) is 5.63. The number of anilines is 1. The molecule has 0 bridgehead atoms. The van der Waals surface area contributed by atoms with Gasteiger partial charge in [-0.25, -0.2) is 9.69 Å². The van der Waals surface area contributed by atoms with Gasteiger partial charge in [0.05, 0.1) is 24.5 Å². The van der Waals surface area contributed by atoms with E-state index >= 15 is 0 Å². The van der Waals surface area contributed by atoms with Crippen LogP contribution in [0.3, 0.4) is 0 Å². The molecule has 0 spiro atoms. The van der Waals surface area contributed by atoms with Gasteiger partial charge in [-0.1, -0.05) is 60.2 Å². The molecular formula is C34H35N5O4. The minimum Gasteiger partial charge on any atom is -0.379 e. The number of hydrogen-bond donors (Lipinski definition) is 2. The quantitative estimate of drug-likeness (QED) is 0.251. The fourth-order valence-electron chi connectivity index (χ4n) is 6.68. The second kappa shape index (κ2) is 11.3. The van der Waals surface area contributed by atoms with Crippen LogP contribution in [0.1, 0.15) is 45.2 Å². The number of para-hydroxylation sites is 2. The van der Waals surface area contributed by atoms with Gasteiger partial charge in [0, 0.05) is 42.7 Å².